The Kier molecular flexibility index (Phi) is 5.34. The Labute approximate surface area is 143 Å². The monoisotopic (exact) mass is 354 g/mol. The highest BCUT2D eigenvalue weighted by molar-refractivity contribution is 6.36. The number of ether oxygens (including phenoxy) is 1. The maximum absolute atomic E-state index is 12.5. The van der Waals surface area contributed by atoms with Crippen molar-refractivity contribution in [2.24, 2.45) is 0 Å². The molecule has 0 saturated heterocycles. The summed E-state index contributed by atoms with van der Waals surface area (Å²) in [5.41, 5.74) is 2.15. The van der Waals surface area contributed by atoms with E-state index in [0.29, 0.717) is 32.6 Å². The molecule has 0 fully saturated rings. The minimum atomic E-state index is -0.493. The first-order chi connectivity index (χ1) is 10.8. The fourth-order valence-corrected chi connectivity index (χ4v) is 2.61. The number of H-pyrrole nitrogens is 1. The summed E-state index contributed by atoms with van der Waals surface area (Å²) in [5, 5.41) is 3.54. The van der Waals surface area contributed by atoms with Gasteiger partial charge in [-0.05, 0) is 44.5 Å². The average Bonchev–Trinajstić information content (AvgIpc) is 2.78. The van der Waals surface area contributed by atoms with Crippen molar-refractivity contribution in [3.8, 4) is 0 Å². The van der Waals surface area contributed by atoms with Crippen LogP contribution >= 0.6 is 23.2 Å². The smallest absolute Gasteiger partial charge is 0.355 e. The number of nitrogens with one attached hydrogen (secondary N) is 2. The maximum atomic E-state index is 12.5. The molecule has 0 saturated carbocycles. The number of halogens is 2. The highest BCUT2D eigenvalue weighted by Gasteiger charge is 2.23. The molecular formula is C16H16Cl2N2O3. The Bertz CT molecular complexity index is 769. The van der Waals surface area contributed by atoms with Crippen molar-refractivity contribution in [1.29, 1.82) is 0 Å². The first-order valence-electron chi connectivity index (χ1n) is 6.97. The molecule has 0 aliphatic heterocycles. The number of hydrogen-bond donors (Lipinski definition) is 2. The van der Waals surface area contributed by atoms with Crippen LogP contribution in [0.2, 0.25) is 10.0 Å². The molecule has 1 aromatic carbocycles. The van der Waals surface area contributed by atoms with Gasteiger partial charge in [0.25, 0.3) is 5.91 Å². The van der Waals surface area contributed by atoms with E-state index in [2.05, 4.69) is 10.3 Å². The van der Waals surface area contributed by atoms with Crippen molar-refractivity contribution in [3.05, 3.63) is 50.8 Å². The number of carbonyl (C=O) groups excluding carboxylic acids is 2. The minimum absolute atomic E-state index is 0.260. The van der Waals surface area contributed by atoms with Crippen LogP contribution in [0.4, 0.5) is 5.69 Å². The van der Waals surface area contributed by atoms with Crippen LogP contribution in [0, 0.1) is 13.8 Å². The van der Waals surface area contributed by atoms with Crippen LogP contribution < -0.4 is 5.32 Å². The molecule has 5 nitrogen and oxygen atoms in total. The molecule has 1 heterocycles. The number of amides is 1. The van der Waals surface area contributed by atoms with Crippen molar-refractivity contribution in [1.82, 2.24) is 4.98 Å². The third kappa shape index (κ3) is 3.68. The number of benzene rings is 1. The molecule has 0 spiro atoms. The molecule has 0 unspecified atom stereocenters. The lowest BCUT2D eigenvalue weighted by Gasteiger charge is -2.08. The predicted molar refractivity (Wildman–Crippen MR) is 90.6 cm³/mol. The van der Waals surface area contributed by atoms with E-state index in [1.807, 2.05) is 0 Å². The second-order valence-electron chi connectivity index (χ2n) is 4.92. The zero-order valence-electron chi connectivity index (χ0n) is 12.9. The summed E-state index contributed by atoms with van der Waals surface area (Å²) in [4.78, 5) is 27.3. The molecule has 0 radical (unpaired) electrons. The van der Waals surface area contributed by atoms with Gasteiger partial charge in [0.05, 0.1) is 22.9 Å². The lowest BCUT2D eigenvalue weighted by molar-refractivity contribution is 0.0519. The molecule has 0 aliphatic carbocycles. The number of rotatable bonds is 4. The van der Waals surface area contributed by atoms with Crippen molar-refractivity contribution in [3.63, 3.8) is 0 Å². The van der Waals surface area contributed by atoms with Crippen LogP contribution in [0.3, 0.4) is 0 Å². The van der Waals surface area contributed by atoms with E-state index in [9.17, 15) is 9.59 Å². The molecule has 7 heteroatoms. The average molecular weight is 355 g/mol. The van der Waals surface area contributed by atoms with Crippen molar-refractivity contribution in [2.45, 2.75) is 20.8 Å². The Morgan fingerprint density at radius 2 is 1.96 bits per heavy atom. The zero-order valence-corrected chi connectivity index (χ0v) is 14.4. The number of aromatic amines is 1. The van der Waals surface area contributed by atoms with E-state index in [1.54, 1.807) is 39.0 Å². The van der Waals surface area contributed by atoms with Crippen molar-refractivity contribution >= 4 is 40.8 Å². The summed E-state index contributed by atoms with van der Waals surface area (Å²) in [6.07, 6.45) is 0. The second kappa shape index (κ2) is 7.06. The van der Waals surface area contributed by atoms with Gasteiger partial charge in [0.15, 0.2) is 0 Å². The van der Waals surface area contributed by atoms with Crippen molar-refractivity contribution < 1.29 is 14.3 Å². The first kappa shape index (κ1) is 17.4. The predicted octanol–water partition coefficient (Wildman–Crippen LogP) is 4.37. The summed E-state index contributed by atoms with van der Waals surface area (Å²) in [6, 6.07) is 4.79. The van der Waals surface area contributed by atoms with Gasteiger partial charge < -0.3 is 15.0 Å². The van der Waals surface area contributed by atoms with E-state index in [1.165, 1.54) is 0 Å². The van der Waals surface area contributed by atoms with E-state index < -0.39 is 5.97 Å². The van der Waals surface area contributed by atoms with Gasteiger partial charge in [-0.2, -0.15) is 0 Å². The van der Waals surface area contributed by atoms with Crippen LogP contribution in [0.15, 0.2) is 18.2 Å². The van der Waals surface area contributed by atoms with E-state index >= 15 is 0 Å². The molecule has 1 amide bonds. The normalized spacial score (nSPS) is 10.5. The Morgan fingerprint density at radius 3 is 2.61 bits per heavy atom. The molecule has 23 heavy (non-hydrogen) atoms. The minimum Gasteiger partial charge on any atom is -0.461 e. The number of aromatic nitrogens is 1. The van der Waals surface area contributed by atoms with Crippen LogP contribution in [-0.2, 0) is 4.74 Å². The molecular weight excluding hydrogens is 339 g/mol. The zero-order chi connectivity index (χ0) is 17.1. The highest BCUT2D eigenvalue weighted by Crippen LogP contribution is 2.27. The molecule has 2 rings (SSSR count). The molecule has 2 aromatic rings. The number of hydrogen-bond acceptors (Lipinski definition) is 3. The van der Waals surface area contributed by atoms with Gasteiger partial charge in [-0.25, -0.2) is 4.79 Å². The fraction of sp³-hybridized carbons (Fsp3) is 0.250. The SMILES string of the molecule is CCOC(=O)c1[nH]c(C)c(C(=O)Nc2cc(Cl)ccc2Cl)c1C. The summed E-state index contributed by atoms with van der Waals surface area (Å²) in [7, 11) is 0. The quantitative estimate of drug-likeness (QED) is 0.800. The number of aryl methyl sites for hydroxylation is 1. The Balaban J connectivity index is 2.33. The Hall–Kier alpha value is -1.98. The molecule has 0 atom stereocenters. The summed E-state index contributed by atoms with van der Waals surface area (Å²) < 4.78 is 4.97. The Morgan fingerprint density at radius 1 is 1.26 bits per heavy atom. The van der Waals surface area contributed by atoms with Gasteiger partial charge in [0, 0.05) is 10.7 Å². The standard InChI is InChI=1S/C16H16Cl2N2O3/c1-4-23-16(22)14-8(2)13(9(3)19-14)15(21)20-12-7-10(17)5-6-11(12)18/h5-7,19H,4H2,1-3H3,(H,20,21). The van der Waals surface area contributed by atoms with Crippen LogP contribution in [0.5, 0.6) is 0 Å². The van der Waals surface area contributed by atoms with Gasteiger partial charge in [-0.15, -0.1) is 0 Å². The third-order valence-electron chi connectivity index (χ3n) is 3.32. The van der Waals surface area contributed by atoms with Gasteiger partial charge in [-0.1, -0.05) is 23.2 Å². The summed E-state index contributed by atoms with van der Waals surface area (Å²) >= 11 is 12.0. The van der Waals surface area contributed by atoms with Gasteiger partial charge >= 0.3 is 5.97 Å². The van der Waals surface area contributed by atoms with E-state index in [-0.39, 0.29) is 18.2 Å². The van der Waals surface area contributed by atoms with Crippen LogP contribution in [0.1, 0.15) is 39.0 Å². The highest BCUT2D eigenvalue weighted by atomic mass is 35.5. The van der Waals surface area contributed by atoms with Crippen LogP contribution in [0.25, 0.3) is 0 Å². The largest absolute Gasteiger partial charge is 0.461 e. The third-order valence-corrected chi connectivity index (χ3v) is 3.89. The molecule has 0 bridgehead atoms. The maximum Gasteiger partial charge on any atom is 0.355 e. The number of anilines is 1. The van der Waals surface area contributed by atoms with Gasteiger partial charge in [-0.3, -0.25) is 4.79 Å². The molecule has 122 valence electrons. The van der Waals surface area contributed by atoms with E-state index in [4.69, 9.17) is 27.9 Å². The fourth-order valence-electron chi connectivity index (χ4n) is 2.28. The molecule has 2 N–H and O–H groups in total. The first-order valence-corrected chi connectivity index (χ1v) is 7.73. The number of esters is 1. The van der Waals surface area contributed by atoms with Crippen LogP contribution in [-0.4, -0.2) is 23.5 Å². The lowest BCUT2D eigenvalue weighted by atomic mass is 10.1. The number of carbonyl (C=O) groups is 2. The molecule has 0 aliphatic rings. The summed E-state index contributed by atoms with van der Waals surface area (Å²) in [5.74, 6) is -0.871. The topological polar surface area (TPSA) is 71.2 Å². The molecule has 1 aromatic heterocycles. The van der Waals surface area contributed by atoms with Gasteiger partial charge in [0.1, 0.15) is 5.69 Å². The summed E-state index contributed by atoms with van der Waals surface area (Å²) in [6.45, 7) is 5.38. The van der Waals surface area contributed by atoms with E-state index in [0.717, 1.165) is 0 Å². The van der Waals surface area contributed by atoms with Gasteiger partial charge in [0.2, 0.25) is 0 Å². The second-order valence-corrected chi connectivity index (χ2v) is 5.77. The van der Waals surface area contributed by atoms with Crippen molar-refractivity contribution in [2.75, 3.05) is 11.9 Å². The lowest BCUT2D eigenvalue weighted by Crippen LogP contribution is -2.14.